The van der Waals surface area contributed by atoms with Gasteiger partial charge in [-0.25, -0.2) is 9.97 Å². The first-order valence-electron chi connectivity index (χ1n) is 8.68. The van der Waals surface area contributed by atoms with Gasteiger partial charge in [-0.05, 0) is 38.3 Å². The topological polar surface area (TPSA) is 50.3 Å². The molecule has 0 bridgehead atoms. The van der Waals surface area contributed by atoms with Crippen molar-refractivity contribution < 1.29 is 4.74 Å². The second-order valence-corrected chi connectivity index (χ2v) is 6.28. The van der Waals surface area contributed by atoms with Gasteiger partial charge in [0.2, 0.25) is 0 Å². The molecule has 0 radical (unpaired) electrons. The van der Waals surface area contributed by atoms with Gasteiger partial charge in [-0.15, -0.1) is 0 Å². The van der Waals surface area contributed by atoms with Gasteiger partial charge in [-0.1, -0.05) is 13.0 Å². The van der Waals surface area contributed by atoms with E-state index in [-0.39, 0.29) is 0 Å². The molecule has 1 aliphatic rings. The Balaban J connectivity index is 1.70. The predicted molar refractivity (Wildman–Crippen MR) is 98.0 cm³/mol. The van der Waals surface area contributed by atoms with E-state index in [0.717, 1.165) is 49.0 Å². The molecule has 1 saturated heterocycles. The predicted octanol–water partition coefficient (Wildman–Crippen LogP) is 3.44. The Labute approximate surface area is 144 Å². The molecule has 128 valence electrons. The van der Waals surface area contributed by atoms with Crippen molar-refractivity contribution in [2.24, 2.45) is 0 Å². The van der Waals surface area contributed by atoms with Crippen molar-refractivity contribution in [2.45, 2.75) is 39.2 Å². The van der Waals surface area contributed by atoms with E-state index < -0.39 is 0 Å². The van der Waals surface area contributed by atoms with E-state index >= 15 is 0 Å². The normalized spacial score (nSPS) is 17.6. The first-order chi connectivity index (χ1) is 11.7. The SMILES string of the molecule is CCc1cc(NC2CCCN(c3cccc(OC)c3)C2)nc(C)n1. The van der Waals surface area contributed by atoms with Crippen molar-refractivity contribution in [2.75, 3.05) is 30.4 Å². The number of piperidine rings is 1. The third-order valence-electron chi connectivity index (χ3n) is 4.45. The molecule has 1 unspecified atom stereocenters. The molecular weight excluding hydrogens is 300 g/mol. The molecule has 1 atom stereocenters. The Hall–Kier alpha value is -2.30. The van der Waals surface area contributed by atoms with Gasteiger partial charge >= 0.3 is 0 Å². The molecule has 0 aliphatic carbocycles. The zero-order chi connectivity index (χ0) is 16.9. The van der Waals surface area contributed by atoms with Gasteiger partial charge in [0.25, 0.3) is 0 Å². The standard InChI is InChI=1S/C19H26N4O/c1-4-15-11-19(21-14(2)20-15)22-16-7-6-10-23(13-16)17-8-5-9-18(12-17)24-3/h5,8-9,11-12,16H,4,6-7,10,13H2,1-3H3,(H,20,21,22). The quantitative estimate of drug-likeness (QED) is 0.912. The summed E-state index contributed by atoms with van der Waals surface area (Å²) >= 11 is 0. The largest absolute Gasteiger partial charge is 0.497 e. The number of nitrogens with zero attached hydrogens (tertiary/aromatic N) is 3. The maximum absolute atomic E-state index is 5.35. The number of anilines is 2. The van der Waals surface area contributed by atoms with Gasteiger partial charge in [0, 0.05) is 42.6 Å². The number of aryl methyl sites for hydroxylation is 2. The minimum Gasteiger partial charge on any atom is -0.497 e. The fourth-order valence-corrected chi connectivity index (χ4v) is 3.23. The number of rotatable bonds is 5. The summed E-state index contributed by atoms with van der Waals surface area (Å²) in [6.07, 6.45) is 3.25. The smallest absolute Gasteiger partial charge is 0.130 e. The second-order valence-electron chi connectivity index (χ2n) is 6.28. The minimum atomic E-state index is 0.393. The van der Waals surface area contributed by atoms with Crippen LogP contribution in [0, 0.1) is 6.92 Å². The fourth-order valence-electron chi connectivity index (χ4n) is 3.23. The van der Waals surface area contributed by atoms with Crippen LogP contribution in [0.25, 0.3) is 0 Å². The molecule has 0 amide bonds. The van der Waals surface area contributed by atoms with Crippen LogP contribution in [0.3, 0.4) is 0 Å². The number of hydrogen-bond acceptors (Lipinski definition) is 5. The highest BCUT2D eigenvalue weighted by molar-refractivity contribution is 5.52. The molecule has 1 aromatic carbocycles. The van der Waals surface area contributed by atoms with Crippen LogP contribution in [0.4, 0.5) is 11.5 Å². The lowest BCUT2D eigenvalue weighted by Crippen LogP contribution is -2.42. The Morgan fingerprint density at radius 3 is 2.96 bits per heavy atom. The average molecular weight is 326 g/mol. The zero-order valence-electron chi connectivity index (χ0n) is 14.7. The van der Waals surface area contributed by atoms with Crippen LogP contribution >= 0.6 is 0 Å². The molecule has 24 heavy (non-hydrogen) atoms. The summed E-state index contributed by atoms with van der Waals surface area (Å²) < 4.78 is 5.35. The molecule has 5 heteroatoms. The Morgan fingerprint density at radius 1 is 1.29 bits per heavy atom. The monoisotopic (exact) mass is 326 g/mol. The summed E-state index contributed by atoms with van der Waals surface area (Å²) in [5.41, 5.74) is 2.31. The van der Waals surface area contributed by atoms with Crippen LogP contribution in [0.1, 0.15) is 31.3 Å². The van der Waals surface area contributed by atoms with Gasteiger partial charge in [0.05, 0.1) is 7.11 Å². The average Bonchev–Trinajstić information content (AvgIpc) is 2.61. The third-order valence-corrected chi connectivity index (χ3v) is 4.45. The lowest BCUT2D eigenvalue weighted by Gasteiger charge is -2.35. The van der Waals surface area contributed by atoms with E-state index in [4.69, 9.17) is 4.74 Å². The third kappa shape index (κ3) is 3.96. The fraction of sp³-hybridized carbons (Fsp3) is 0.474. The first-order valence-corrected chi connectivity index (χ1v) is 8.68. The Kier molecular flexibility index (Phi) is 5.18. The minimum absolute atomic E-state index is 0.393. The van der Waals surface area contributed by atoms with E-state index in [1.54, 1.807) is 7.11 Å². The molecule has 2 heterocycles. The van der Waals surface area contributed by atoms with E-state index in [2.05, 4.69) is 45.3 Å². The Bertz CT molecular complexity index is 689. The molecule has 1 aromatic heterocycles. The zero-order valence-corrected chi connectivity index (χ0v) is 14.7. The maximum atomic E-state index is 5.35. The van der Waals surface area contributed by atoms with Crippen LogP contribution in [-0.2, 0) is 6.42 Å². The second kappa shape index (κ2) is 7.51. The van der Waals surface area contributed by atoms with Crippen LogP contribution in [0.5, 0.6) is 5.75 Å². The number of nitrogens with one attached hydrogen (secondary N) is 1. The van der Waals surface area contributed by atoms with Crippen molar-refractivity contribution in [1.29, 1.82) is 0 Å². The van der Waals surface area contributed by atoms with Crippen molar-refractivity contribution in [3.63, 3.8) is 0 Å². The molecular formula is C19H26N4O. The lowest BCUT2D eigenvalue weighted by atomic mass is 10.0. The van der Waals surface area contributed by atoms with Crippen LogP contribution in [-0.4, -0.2) is 36.2 Å². The summed E-state index contributed by atoms with van der Waals surface area (Å²) in [5.74, 6) is 2.68. The lowest BCUT2D eigenvalue weighted by molar-refractivity contribution is 0.414. The molecule has 1 N–H and O–H groups in total. The Morgan fingerprint density at radius 2 is 2.17 bits per heavy atom. The van der Waals surface area contributed by atoms with Crippen molar-refractivity contribution >= 4 is 11.5 Å². The van der Waals surface area contributed by atoms with E-state index in [1.165, 1.54) is 12.1 Å². The highest BCUT2D eigenvalue weighted by atomic mass is 16.5. The van der Waals surface area contributed by atoms with Crippen LogP contribution < -0.4 is 15.0 Å². The highest BCUT2D eigenvalue weighted by Crippen LogP contribution is 2.25. The van der Waals surface area contributed by atoms with Crippen LogP contribution in [0.15, 0.2) is 30.3 Å². The molecule has 1 fully saturated rings. The van der Waals surface area contributed by atoms with Gasteiger partial charge in [-0.2, -0.15) is 0 Å². The van der Waals surface area contributed by atoms with Crippen molar-refractivity contribution in [1.82, 2.24) is 9.97 Å². The number of benzene rings is 1. The number of aromatic nitrogens is 2. The highest BCUT2D eigenvalue weighted by Gasteiger charge is 2.21. The summed E-state index contributed by atoms with van der Waals surface area (Å²) in [6, 6.07) is 10.7. The summed E-state index contributed by atoms with van der Waals surface area (Å²) in [6.45, 7) is 6.12. The van der Waals surface area contributed by atoms with Gasteiger partial charge in [-0.3, -0.25) is 0 Å². The summed E-state index contributed by atoms with van der Waals surface area (Å²) in [4.78, 5) is 11.4. The van der Waals surface area contributed by atoms with Gasteiger partial charge in [0.1, 0.15) is 17.4 Å². The number of methoxy groups -OCH3 is 1. The van der Waals surface area contributed by atoms with Gasteiger partial charge < -0.3 is 15.0 Å². The van der Waals surface area contributed by atoms with E-state index in [0.29, 0.717) is 6.04 Å². The van der Waals surface area contributed by atoms with Crippen molar-refractivity contribution in [3.8, 4) is 5.75 Å². The van der Waals surface area contributed by atoms with E-state index in [1.807, 2.05) is 19.1 Å². The molecule has 3 rings (SSSR count). The number of hydrogen-bond donors (Lipinski definition) is 1. The summed E-state index contributed by atoms with van der Waals surface area (Å²) in [7, 11) is 1.71. The molecule has 0 spiro atoms. The van der Waals surface area contributed by atoms with Crippen molar-refractivity contribution in [3.05, 3.63) is 41.9 Å². The molecule has 5 nitrogen and oxygen atoms in total. The van der Waals surface area contributed by atoms with Crippen LogP contribution in [0.2, 0.25) is 0 Å². The number of ether oxygens (including phenoxy) is 1. The van der Waals surface area contributed by atoms with Gasteiger partial charge in [0.15, 0.2) is 0 Å². The maximum Gasteiger partial charge on any atom is 0.130 e. The summed E-state index contributed by atoms with van der Waals surface area (Å²) in [5, 5.41) is 3.60. The molecule has 2 aromatic rings. The molecule has 0 saturated carbocycles. The van der Waals surface area contributed by atoms with E-state index in [9.17, 15) is 0 Å². The first kappa shape index (κ1) is 16.6. The molecule has 1 aliphatic heterocycles.